The van der Waals surface area contributed by atoms with Crippen LogP contribution in [0.4, 0.5) is 0 Å². The predicted octanol–water partition coefficient (Wildman–Crippen LogP) is 0.351. The fraction of sp³-hybridized carbons (Fsp3) is 0.565. The number of benzene rings is 2. The van der Waals surface area contributed by atoms with E-state index in [4.69, 9.17) is 5.73 Å². The normalized spacial score (nSPS) is 16.6. The summed E-state index contributed by atoms with van der Waals surface area (Å²) < 4.78 is 0. The summed E-state index contributed by atoms with van der Waals surface area (Å²) in [7, 11) is 0. The van der Waals surface area contributed by atoms with E-state index in [1.54, 1.807) is 70.2 Å². The van der Waals surface area contributed by atoms with E-state index in [9.17, 15) is 58.8 Å². The van der Waals surface area contributed by atoms with Crippen LogP contribution in [0.15, 0.2) is 48.5 Å². The Labute approximate surface area is 385 Å². The lowest BCUT2D eigenvalue weighted by Crippen LogP contribution is -2.49. The number of carboxylic acids is 3. The van der Waals surface area contributed by atoms with Crippen molar-refractivity contribution in [2.24, 2.45) is 23.5 Å². The van der Waals surface area contributed by atoms with Gasteiger partial charge in [0.05, 0.1) is 32.2 Å². The third-order valence-electron chi connectivity index (χ3n) is 11.7. The molecular formula is C46H68N8O12. The smallest absolute Gasteiger partial charge is 0.317 e. The highest BCUT2D eigenvalue weighted by atomic mass is 16.4. The van der Waals surface area contributed by atoms with Crippen molar-refractivity contribution in [1.29, 1.82) is 0 Å². The van der Waals surface area contributed by atoms with Gasteiger partial charge in [0.1, 0.15) is 5.75 Å². The van der Waals surface area contributed by atoms with Crippen LogP contribution >= 0.6 is 0 Å². The Morgan fingerprint density at radius 1 is 0.621 bits per heavy atom. The van der Waals surface area contributed by atoms with Crippen LogP contribution in [0.2, 0.25) is 0 Å². The highest BCUT2D eigenvalue weighted by Gasteiger charge is 2.32. The zero-order chi connectivity index (χ0) is 48.8. The van der Waals surface area contributed by atoms with Crippen LogP contribution in [0.1, 0.15) is 63.1 Å². The van der Waals surface area contributed by atoms with Crippen molar-refractivity contribution in [1.82, 2.24) is 35.6 Å². The Balaban J connectivity index is 1.59. The first-order valence-corrected chi connectivity index (χ1v) is 22.4. The highest BCUT2D eigenvalue weighted by Crippen LogP contribution is 2.20. The standard InChI is InChI=1S/C46H68N8O12/c1-4-31(2)44(50-45(65)32(3)23-33-9-12-37(55)13-10-33)38(56)24-36(11-14-39(47)57)46(66)49-26-35-7-5-34(6-8-35)25-48-40(58)27-51-15-17-52(28-41(59)60)19-21-54(30-43(63)64)22-20-53(18-16-51)29-42(61)62/h5-10,12-13,31-32,36,44,55H,4,11,14-30H2,1-3H3,(H2,47,57)(H,48,58)(H,49,66)(H,50,65)(H,59,60)(H,61,62)(H,63,64)/t31?,32-,36+,44-/m0/s1. The maximum absolute atomic E-state index is 13.8. The number of aliphatic carboxylic acids is 3. The van der Waals surface area contributed by atoms with Crippen LogP contribution in [-0.4, -0.2) is 172 Å². The number of aromatic hydroxyl groups is 1. The third kappa shape index (κ3) is 20.9. The van der Waals surface area contributed by atoms with Gasteiger partial charge in [-0.25, -0.2) is 0 Å². The minimum Gasteiger partial charge on any atom is -0.508 e. The van der Waals surface area contributed by atoms with Crippen LogP contribution in [0.3, 0.4) is 0 Å². The minimum absolute atomic E-state index is 0.0376. The molecule has 66 heavy (non-hydrogen) atoms. The van der Waals surface area contributed by atoms with Gasteiger partial charge in [0, 0.05) is 90.1 Å². The predicted molar refractivity (Wildman–Crippen MR) is 243 cm³/mol. The molecule has 0 aliphatic carbocycles. The minimum atomic E-state index is -1.05. The lowest BCUT2D eigenvalue weighted by atomic mass is 9.87. The van der Waals surface area contributed by atoms with Gasteiger partial charge < -0.3 is 42.1 Å². The van der Waals surface area contributed by atoms with Gasteiger partial charge in [0.25, 0.3) is 0 Å². The molecule has 20 heteroatoms. The summed E-state index contributed by atoms with van der Waals surface area (Å²) >= 11 is 0. The van der Waals surface area contributed by atoms with Gasteiger partial charge in [-0.1, -0.05) is 63.6 Å². The zero-order valence-electron chi connectivity index (χ0n) is 38.3. The molecule has 4 atom stereocenters. The van der Waals surface area contributed by atoms with Crippen LogP contribution in [0.5, 0.6) is 5.75 Å². The van der Waals surface area contributed by atoms with Gasteiger partial charge in [0.15, 0.2) is 5.78 Å². The maximum Gasteiger partial charge on any atom is 0.317 e. The summed E-state index contributed by atoms with van der Waals surface area (Å²) in [6.07, 6.45) is 0.681. The summed E-state index contributed by atoms with van der Waals surface area (Å²) in [5, 5.41) is 46.6. The molecule has 1 aliphatic heterocycles. The number of nitrogens with two attached hydrogens (primary N) is 1. The number of primary amides is 1. The Morgan fingerprint density at radius 3 is 1.47 bits per heavy atom. The van der Waals surface area contributed by atoms with Crippen molar-refractivity contribution < 1.29 is 58.8 Å². The molecule has 0 bridgehead atoms. The summed E-state index contributed by atoms with van der Waals surface area (Å²) in [5.74, 6) is -6.65. The summed E-state index contributed by atoms with van der Waals surface area (Å²) in [6.45, 7) is 7.13. The van der Waals surface area contributed by atoms with Crippen molar-refractivity contribution in [3.63, 3.8) is 0 Å². The van der Waals surface area contributed by atoms with Crippen molar-refractivity contribution in [2.45, 2.75) is 72.0 Å². The molecule has 1 fully saturated rings. The van der Waals surface area contributed by atoms with Gasteiger partial charge in [0.2, 0.25) is 23.6 Å². The van der Waals surface area contributed by atoms with Crippen molar-refractivity contribution >= 4 is 47.3 Å². The molecule has 1 heterocycles. The van der Waals surface area contributed by atoms with Crippen LogP contribution in [0, 0.1) is 17.8 Å². The molecule has 0 saturated carbocycles. The van der Waals surface area contributed by atoms with Gasteiger partial charge in [-0.15, -0.1) is 0 Å². The fourth-order valence-electron chi connectivity index (χ4n) is 7.51. The topological polar surface area (TPSA) is 293 Å². The summed E-state index contributed by atoms with van der Waals surface area (Å²) in [6, 6.07) is 12.8. The Morgan fingerprint density at radius 2 is 1.05 bits per heavy atom. The molecule has 0 spiro atoms. The number of rotatable bonds is 25. The Bertz CT molecular complexity index is 1900. The number of hydrogen-bond donors (Lipinski definition) is 8. The van der Waals surface area contributed by atoms with E-state index in [1.165, 1.54) is 0 Å². The fourth-order valence-corrected chi connectivity index (χ4v) is 7.51. The highest BCUT2D eigenvalue weighted by molar-refractivity contribution is 5.93. The second kappa shape index (κ2) is 28.2. The van der Waals surface area contributed by atoms with E-state index < -0.39 is 47.6 Å². The third-order valence-corrected chi connectivity index (χ3v) is 11.7. The van der Waals surface area contributed by atoms with Crippen molar-refractivity contribution in [2.75, 3.05) is 78.5 Å². The quantitative estimate of drug-likeness (QED) is 0.0667. The number of ketones is 1. The van der Waals surface area contributed by atoms with Crippen LogP contribution in [0.25, 0.3) is 0 Å². The van der Waals surface area contributed by atoms with Gasteiger partial charge >= 0.3 is 17.9 Å². The molecule has 2 aromatic carbocycles. The van der Waals surface area contributed by atoms with E-state index in [-0.39, 0.29) is 127 Å². The molecule has 9 N–H and O–H groups in total. The SMILES string of the molecule is CCC(C)[C@H](NC(=O)[C@@H](C)Cc1ccc(O)cc1)C(=O)C[C@@H](CCC(N)=O)C(=O)NCc1ccc(CNC(=O)CN2CCN(CC(=O)O)CCN(CC(=O)O)CCN(CC(=O)O)CC2)cc1. The second-order valence-electron chi connectivity index (χ2n) is 17.1. The van der Waals surface area contributed by atoms with Crippen molar-refractivity contribution in [3.05, 3.63) is 65.2 Å². The number of amides is 4. The first kappa shape index (κ1) is 54.4. The van der Waals surface area contributed by atoms with Crippen LogP contribution in [-0.2, 0) is 57.9 Å². The largest absolute Gasteiger partial charge is 0.508 e. The average molecular weight is 925 g/mol. The lowest BCUT2D eigenvalue weighted by molar-refractivity contribution is -0.140. The number of carbonyl (C=O) groups is 8. The molecule has 1 saturated heterocycles. The van der Waals surface area contributed by atoms with E-state index in [0.29, 0.717) is 25.9 Å². The summed E-state index contributed by atoms with van der Waals surface area (Å²) in [4.78, 5) is 107. The molecule has 364 valence electrons. The molecule has 20 nitrogen and oxygen atoms in total. The first-order chi connectivity index (χ1) is 31.3. The molecule has 2 aromatic rings. The zero-order valence-corrected chi connectivity index (χ0v) is 38.3. The van der Waals surface area contributed by atoms with Gasteiger partial charge in [-0.05, 0) is 47.6 Å². The number of phenolic OH excluding ortho intramolecular Hbond substituents is 1. The van der Waals surface area contributed by atoms with E-state index in [1.807, 2.05) is 18.7 Å². The second-order valence-corrected chi connectivity index (χ2v) is 17.1. The van der Waals surface area contributed by atoms with Gasteiger partial charge in [-0.2, -0.15) is 0 Å². The monoisotopic (exact) mass is 924 g/mol. The van der Waals surface area contributed by atoms with Crippen LogP contribution < -0.4 is 21.7 Å². The number of Topliss-reactive ketones (excluding diaryl/α,β-unsaturated/α-hetero) is 1. The molecule has 4 amide bonds. The number of nitrogens with one attached hydrogen (secondary N) is 3. The molecule has 0 aromatic heterocycles. The average Bonchev–Trinajstić information content (AvgIpc) is 3.26. The Kier molecular flexibility index (Phi) is 23.2. The van der Waals surface area contributed by atoms with Gasteiger partial charge in [-0.3, -0.25) is 58.0 Å². The molecule has 1 aliphatic rings. The lowest BCUT2D eigenvalue weighted by Gasteiger charge is -2.32. The molecule has 1 unspecified atom stereocenters. The van der Waals surface area contributed by atoms with E-state index in [2.05, 4.69) is 16.0 Å². The number of phenols is 1. The summed E-state index contributed by atoms with van der Waals surface area (Å²) in [5.41, 5.74) is 7.76. The maximum atomic E-state index is 13.8. The van der Waals surface area contributed by atoms with E-state index in [0.717, 1.165) is 16.7 Å². The van der Waals surface area contributed by atoms with Crippen molar-refractivity contribution in [3.8, 4) is 5.75 Å². The molecule has 0 radical (unpaired) electrons. The molecular weight excluding hydrogens is 857 g/mol. The Hall–Kier alpha value is -5.96. The number of nitrogens with zero attached hydrogens (tertiary/aromatic N) is 4. The number of hydrogen-bond acceptors (Lipinski definition) is 13. The number of carboxylic acid groups (broad SMARTS) is 3. The molecule has 3 rings (SSSR count). The van der Waals surface area contributed by atoms with E-state index >= 15 is 0 Å². The number of carbonyl (C=O) groups excluding carboxylic acids is 5. The first-order valence-electron chi connectivity index (χ1n) is 22.4.